The molecule has 132 valence electrons. The van der Waals surface area contributed by atoms with E-state index in [1.54, 1.807) is 0 Å². The minimum absolute atomic E-state index is 0.0649. The maximum Gasteiger partial charge on any atom is 0.285 e. The molecule has 1 saturated heterocycles. The number of nitrogens with one attached hydrogen (secondary N) is 1. The van der Waals surface area contributed by atoms with Crippen LogP contribution < -0.4 is 15.4 Å². The van der Waals surface area contributed by atoms with E-state index in [-0.39, 0.29) is 11.2 Å². The molecule has 1 aliphatic rings. The van der Waals surface area contributed by atoms with E-state index in [1.165, 1.54) is 47.0 Å². The van der Waals surface area contributed by atoms with Crippen LogP contribution in [-0.4, -0.2) is 29.6 Å². The summed E-state index contributed by atoms with van der Waals surface area (Å²) in [5, 5.41) is 10.9. The van der Waals surface area contributed by atoms with E-state index in [9.17, 15) is 14.9 Å². The minimum atomic E-state index is -0.478. The van der Waals surface area contributed by atoms with Gasteiger partial charge < -0.3 is 9.80 Å². The molecule has 3 rings (SSSR count). The van der Waals surface area contributed by atoms with Crippen molar-refractivity contribution in [2.45, 2.75) is 26.1 Å². The Hall–Kier alpha value is -2.67. The molecule has 7 heteroatoms. The third-order valence-electron chi connectivity index (χ3n) is 4.55. The average Bonchev–Trinajstić information content (AvgIpc) is 3.11. The summed E-state index contributed by atoms with van der Waals surface area (Å²) in [6.45, 7) is 3.30. The third kappa shape index (κ3) is 4.06. The second-order valence-corrected chi connectivity index (χ2v) is 6.57. The Balaban J connectivity index is 1.75. The minimum Gasteiger partial charge on any atom is -0.371 e. The van der Waals surface area contributed by atoms with Gasteiger partial charge in [-0.15, -0.1) is 0 Å². The second-order valence-electron chi connectivity index (χ2n) is 6.57. The van der Waals surface area contributed by atoms with Crippen molar-refractivity contribution in [1.82, 2.24) is 4.57 Å². The number of para-hydroxylation sites is 1. The van der Waals surface area contributed by atoms with Crippen molar-refractivity contribution in [2.24, 2.45) is 0 Å². The number of quaternary nitrogens is 1. The molecule has 1 aliphatic heterocycles. The van der Waals surface area contributed by atoms with Gasteiger partial charge in [0.2, 0.25) is 0 Å². The summed E-state index contributed by atoms with van der Waals surface area (Å²) in [5.41, 5.74) is 2.20. The standard InChI is InChI=1S/C18H22N4O3/c1-19(14-21-13-16(22(24)25)8-9-18(21)23)12-15-6-2-3-7-17(15)20-10-4-5-11-20/h2-3,6-9,13H,4-5,10-12,14H2,1H3/p+1. The maximum absolute atomic E-state index is 12.0. The predicted octanol–water partition coefficient (Wildman–Crippen LogP) is 1.03. The van der Waals surface area contributed by atoms with Crippen LogP contribution in [0.15, 0.2) is 47.4 Å². The third-order valence-corrected chi connectivity index (χ3v) is 4.55. The molecule has 1 aromatic carbocycles. The number of aromatic nitrogens is 1. The van der Waals surface area contributed by atoms with Crippen LogP contribution in [0.4, 0.5) is 11.4 Å². The zero-order valence-electron chi connectivity index (χ0n) is 14.4. The van der Waals surface area contributed by atoms with Crippen molar-refractivity contribution >= 4 is 11.4 Å². The lowest BCUT2D eigenvalue weighted by Gasteiger charge is -2.23. The van der Waals surface area contributed by atoms with E-state index in [0.717, 1.165) is 24.5 Å². The number of benzene rings is 1. The fraction of sp³-hybridized carbons (Fsp3) is 0.389. The molecule has 1 aromatic heterocycles. The van der Waals surface area contributed by atoms with Crippen molar-refractivity contribution < 1.29 is 9.82 Å². The summed E-state index contributed by atoms with van der Waals surface area (Å²) in [6, 6.07) is 10.8. The first-order chi connectivity index (χ1) is 12.0. The van der Waals surface area contributed by atoms with Gasteiger partial charge in [0.15, 0.2) is 6.67 Å². The van der Waals surface area contributed by atoms with Gasteiger partial charge in [0, 0.05) is 36.5 Å². The maximum atomic E-state index is 12.0. The largest absolute Gasteiger partial charge is 0.371 e. The fourth-order valence-corrected chi connectivity index (χ4v) is 3.35. The summed E-state index contributed by atoms with van der Waals surface area (Å²) >= 11 is 0. The molecule has 7 nitrogen and oxygen atoms in total. The van der Waals surface area contributed by atoms with Gasteiger partial charge in [0.05, 0.1) is 18.2 Å². The molecular weight excluding hydrogens is 320 g/mol. The Morgan fingerprint density at radius 1 is 1.16 bits per heavy atom. The molecule has 1 unspecified atom stereocenters. The van der Waals surface area contributed by atoms with E-state index in [1.807, 2.05) is 13.1 Å². The molecule has 2 aromatic rings. The number of rotatable bonds is 6. The van der Waals surface area contributed by atoms with Gasteiger partial charge in [-0.3, -0.25) is 19.5 Å². The van der Waals surface area contributed by atoms with E-state index < -0.39 is 4.92 Å². The van der Waals surface area contributed by atoms with Crippen LogP contribution in [0.3, 0.4) is 0 Å². The molecule has 0 aliphatic carbocycles. The number of nitrogens with zero attached hydrogens (tertiary/aromatic N) is 3. The van der Waals surface area contributed by atoms with Crippen LogP contribution >= 0.6 is 0 Å². The van der Waals surface area contributed by atoms with E-state index >= 15 is 0 Å². The summed E-state index contributed by atoms with van der Waals surface area (Å²) in [6.07, 6.45) is 3.76. The van der Waals surface area contributed by atoms with Gasteiger partial charge in [-0.25, -0.2) is 0 Å². The average molecular weight is 343 g/mol. The number of hydrogen-bond donors (Lipinski definition) is 1. The highest BCUT2D eigenvalue weighted by molar-refractivity contribution is 5.53. The summed E-state index contributed by atoms with van der Waals surface area (Å²) < 4.78 is 1.41. The van der Waals surface area contributed by atoms with Gasteiger partial charge in [-0.2, -0.15) is 0 Å². The SMILES string of the molecule is C[NH+](Cc1ccccc1N1CCCC1)Cn1cc([N+](=O)[O-])ccc1=O. The first kappa shape index (κ1) is 17.2. The van der Waals surface area contributed by atoms with Crippen molar-refractivity contribution in [1.29, 1.82) is 0 Å². The fourth-order valence-electron chi connectivity index (χ4n) is 3.35. The molecule has 1 N–H and O–H groups in total. The second kappa shape index (κ2) is 7.48. The number of nitro groups is 1. The van der Waals surface area contributed by atoms with Crippen LogP contribution in [0.1, 0.15) is 18.4 Å². The van der Waals surface area contributed by atoms with Crippen LogP contribution in [-0.2, 0) is 13.2 Å². The van der Waals surface area contributed by atoms with E-state index in [2.05, 4.69) is 23.1 Å². The molecule has 2 heterocycles. The molecule has 0 amide bonds. The van der Waals surface area contributed by atoms with E-state index in [0.29, 0.717) is 6.67 Å². The first-order valence-electron chi connectivity index (χ1n) is 8.53. The summed E-state index contributed by atoms with van der Waals surface area (Å²) in [5.74, 6) is 0. The lowest BCUT2D eigenvalue weighted by Crippen LogP contribution is -3.07. The highest BCUT2D eigenvalue weighted by Crippen LogP contribution is 2.23. The van der Waals surface area contributed by atoms with Crippen molar-refractivity contribution in [3.8, 4) is 0 Å². The Morgan fingerprint density at radius 3 is 2.60 bits per heavy atom. The number of hydrogen-bond acceptors (Lipinski definition) is 4. The van der Waals surface area contributed by atoms with Gasteiger partial charge in [0.25, 0.3) is 11.2 Å². The van der Waals surface area contributed by atoms with Gasteiger partial charge >= 0.3 is 0 Å². The predicted molar refractivity (Wildman–Crippen MR) is 95.8 cm³/mol. The summed E-state index contributed by atoms with van der Waals surface area (Å²) in [7, 11) is 1.99. The van der Waals surface area contributed by atoms with Crippen LogP contribution in [0.25, 0.3) is 0 Å². The van der Waals surface area contributed by atoms with Crippen LogP contribution in [0.2, 0.25) is 0 Å². The highest BCUT2D eigenvalue weighted by Gasteiger charge is 2.18. The Bertz CT molecular complexity index is 812. The summed E-state index contributed by atoms with van der Waals surface area (Å²) in [4.78, 5) is 25.9. The lowest BCUT2D eigenvalue weighted by atomic mass is 10.1. The molecule has 1 fully saturated rings. The number of pyridine rings is 1. The Labute approximate surface area is 146 Å². The van der Waals surface area contributed by atoms with Crippen LogP contribution in [0, 0.1) is 10.1 Å². The van der Waals surface area contributed by atoms with Crippen molar-refractivity contribution in [3.63, 3.8) is 0 Å². The molecule has 0 radical (unpaired) electrons. The molecule has 0 saturated carbocycles. The Morgan fingerprint density at radius 2 is 1.88 bits per heavy atom. The first-order valence-corrected chi connectivity index (χ1v) is 8.53. The van der Waals surface area contributed by atoms with Crippen molar-refractivity contribution in [3.05, 3.63) is 68.6 Å². The topological polar surface area (TPSA) is 72.8 Å². The normalized spacial score (nSPS) is 15.3. The smallest absolute Gasteiger partial charge is 0.285 e. The van der Waals surface area contributed by atoms with Crippen molar-refractivity contribution in [2.75, 3.05) is 25.0 Å². The molecule has 0 bridgehead atoms. The lowest BCUT2D eigenvalue weighted by molar-refractivity contribution is -0.917. The molecule has 25 heavy (non-hydrogen) atoms. The quantitative estimate of drug-likeness (QED) is 0.628. The zero-order valence-corrected chi connectivity index (χ0v) is 14.4. The zero-order chi connectivity index (χ0) is 17.8. The Kier molecular flexibility index (Phi) is 5.14. The highest BCUT2D eigenvalue weighted by atomic mass is 16.6. The van der Waals surface area contributed by atoms with Gasteiger partial charge in [0.1, 0.15) is 6.54 Å². The van der Waals surface area contributed by atoms with E-state index in [4.69, 9.17) is 0 Å². The van der Waals surface area contributed by atoms with Gasteiger partial charge in [-0.05, 0) is 18.9 Å². The molecule has 0 spiro atoms. The number of anilines is 1. The van der Waals surface area contributed by atoms with Crippen LogP contribution in [0.5, 0.6) is 0 Å². The molecular formula is C18H23N4O3+. The van der Waals surface area contributed by atoms with Gasteiger partial charge in [-0.1, -0.05) is 18.2 Å². The monoisotopic (exact) mass is 343 g/mol. The molecule has 1 atom stereocenters.